The molecule has 0 atom stereocenters. The summed E-state index contributed by atoms with van der Waals surface area (Å²) in [5.74, 6) is -0.616. The largest absolute Gasteiger partial charge is 0.366 e. The Morgan fingerprint density at radius 1 is 1.22 bits per heavy atom. The second-order valence-corrected chi connectivity index (χ2v) is 6.19. The third-order valence-corrected chi connectivity index (χ3v) is 4.53. The van der Waals surface area contributed by atoms with Crippen molar-refractivity contribution in [2.24, 2.45) is 5.73 Å². The van der Waals surface area contributed by atoms with Crippen molar-refractivity contribution in [3.8, 4) is 22.5 Å². The quantitative estimate of drug-likeness (QED) is 0.379. The first-order valence-corrected chi connectivity index (χ1v) is 8.16. The topological polar surface area (TPSA) is 131 Å². The maximum absolute atomic E-state index is 12.0. The molecule has 0 radical (unpaired) electrons. The number of nitrogens with zero attached hydrogens (tertiary/aromatic N) is 2. The number of amides is 1. The first kappa shape index (κ1) is 16.5. The lowest BCUT2D eigenvalue weighted by Crippen LogP contribution is -2.11. The summed E-state index contributed by atoms with van der Waals surface area (Å²) < 4.78 is 0. The molecule has 8 heteroatoms. The number of H-pyrrole nitrogens is 2. The molecule has 8 nitrogen and oxygen atoms in total. The predicted molar refractivity (Wildman–Crippen MR) is 101 cm³/mol. The molecular formula is C19H15N5O3. The van der Waals surface area contributed by atoms with Crippen LogP contribution < -0.4 is 5.73 Å². The highest BCUT2D eigenvalue weighted by Crippen LogP contribution is 2.34. The number of carbonyl (C=O) groups excluding carboxylic acids is 1. The molecule has 0 spiro atoms. The lowest BCUT2D eigenvalue weighted by molar-refractivity contribution is -0.385. The van der Waals surface area contributed by atoms with Crippen LogP contribution in [0.1, 0.15) is 15.9 Å². The summed E-state index contributed by atoms with van der Waals surface area (Å²) in [7, 11) is 0. The molecule has 134 valence electrons. The van der Waals surface area contributed by atoms with E-state index in [4.69, 9.17) is 5.73 Å². The Bertz CT molecular complexity index is 1210. The number of aromatic amines is 2. The van der Waals surface area contributed by atoms with Crippen molar-refractivity contribution in [3.63, 3.8) is 0 Å². The Morgan fingerprint density at radius 2 is 2.04 bits per heavy atom. The maximum Gasteiger partial charge on any atom is 0.272 e. The number of hydrogen-bond acceptors (Lipinski definition) is 4. The van der Waals surface area contributed by atoms with Gasteiger partial charge in [-0.1, -0.05) is 12.1 Å². The normalized spacial score (nSPS) is 11.0. The zero-order valence-corrected chi connectivity index (χ0v) is 14.3. The standard InChI is InChI=1S/C19H15N5O3/c1-10-2-3-11(8-16(10)24(26)27)17-14(18(20)25)9-15(23-17)12-4-6-21-19-13(12)5-7-22-19/h2-9,23H,1H3,(H2,20,25)(H,21,22). The SMILES string of the molecule is Cc1ccc(-c2[nH]c(-c3ccnc4[nH]ccc34)cc2C(N)=O)cc1[N+](=O)[O-]. The highest BCUT2D eigenvalue weighted by atomic mass is 16.6. The highest BCUT2D eigenvalue weighted by Gasteiger charge is 2.20. The van der Waals surface area contributed by atoms with Gasteiger partial charge in [-0.3, -0.25) is 14.9 Å². The number of fused-ring (bicyclic) bond motifs is 1. The van der Waals surface area contributed by atoms with E-state index in [9.17, 15) is 14.9 Å². The molecule has 0 saturated carbocycles. The van der Waals surface area contributed by atoms with Crippen molar-refractivity contribution in [1.82, 2.24) is 15.0 Å². The van der Waals surface area contributed by atoms with Crippen LogP contribution in [0.5, 0.6) is 0 Å². The second kappa shape index (κ2) is 6.10. The molecule has 0 saturated heterocycles. The average Bonchev–Trinajstić information content (AvgIpc) is 3.28. The molecule has 4 aromatic rings. The van der Waals surface area contributed by atoms with Crippen LogP contribution in [0.25, 0.3) is 33.5 Å². The fraction of sp³-hybridized carbons (Fsp3) is 0.0526. The van der Waals surface area contributed by atoms with E-state index in [2.05, 4.69) is 15.0 Å². The smallest absolute Gasteiger partial charge is 0.272 e. The Morgan fingerprint density at radius 3 is 2.78 bits per heavy atom. The highest BCUT2D eigenvalue weighted by molar-refractivity contribution is 6.02. The summed E-state index contributed by atoms with van der Waals surface area (Å²) in [6, 6.07) is 10.2. The minimum atomic E-state index is -0.616. The van der Waals surface area contributed by atoms with E-state index in [1.807, 2.05) is 12.1 Å². The van der Waals surface area contributed by atoms with E-state index in [1.54, 1.807) is 37.5 Å². The summed E-state index contributed by atoms with van der Waals surface area (Å²) >= 11 is 0. The van der Waals surface area contributed by atoms with Gasteiger partial charge in [0, 0.05) is 46.2 Å². The molecule has 0 bridgehead atoms. The molecule has 3 heterocycles. The second-order valence-electron chi connectivity index (χ2n) is 6.19. The Balaban J connectivity index is 1.93. The van der Waals surface area contributed by atoms with Crippen molar-refractivity contribution in [3.05, 3.63) is 70.0 Å². The number of pyridine rings is 1. The number of nitrogens with two attached hydrogens (primary N) is 1. The van der Waals surface area contributed by atoms with Gasteiger partial charge in [-0.05, 0) is 25.1 Å². The molecule has 4 rings (SSSR count). The first-order valence-electron chi connectivity index (χ1n) is 8.16. The van der Waals surface area contributed by atoms with E-state index < -0.39 is 10.8 Å². The molecule has 0 aliphatic carbocycles. The Hall–Kier alpha value is -3.94. The number of carbonyl (C=O) groups is 1. The molecule has 3 aromatic heterocycles. The molecular weight excluding hydrogens is 346 g/mol. The molecule has 0 unspecified atom stereocenters. The van der Waals surface area contributed by atoms with Crippen LogP contribution in [0.15, 0.2) is 48.8 Å². The molecule has 0 fully saturated rings. The van der Waals surface area contributed by atoms with Crippen LogP contribution >= 0.6 is 0 Å². The number of primary amides is 1. The number of benzene rings is 1. The Kier molecular flexibility index (Phi) is 3.73. The van der Waals surface area contributed by atoms with E-state index in [-0.39, 0.29) is 11.3 Å². The number of hydrogen-bond donors (Lipinski definition) is 3. The van der Waals surface area contributed by atoms with E-state index in [1.165, 1.54) is 6.07 Å². The lowest BCUT2D eigenvalue weighted by atomic mass is 10.0. The van der Waals surface area contributed by atoms with Gasteiger partial charge in [0.15, 0.2) is 0 Å². The lowest BCUT2D eigenvalue weighted by Gasteiger charge is -2.04. The minimum Gasteiger partial charge on any atom is -0.366 e. The van der Waals surface area contributed by atoms with Gasteiger partial charge in [-0.15, -0.1) is 0 Å². The van der Waals surface area contributed by atoms with Gasteiger partial charge in [0.1, 0.15) is 5.65 Å². The molecule has 0 aliphatic heterocycles. The van der Waals surface area contributed by atoms with Gasteiger partial charge in [0.25, 0.3) is 11.6 Å². The monoisotopic (exact) mass is 361 g/mol. The first-order chi connectivity index (χ1) is 13.0. The van der Waals surface area contributed by atoms with Crippen LogP contribution in [0, 0.1) is 17.0 Å². The average molecular weight is 361 g/mol. The fourth-order valence-corrected chi connectivity index (χ4v) is 3.18. The van der Waals surface area contributed by atoms with E-state index >= 15 is 0 Å². The van der Waals surface area contributed by atoms with Crippen LogP contribution in [0.4, 0.5) is 5.69 Å². The maximum atomic E-state index is 12.0. The number of aryl methyl sites for hydroxylation is 1. The van der Waals surface area contributed by atoms with E-state index in [0.29, 0.717) is 22.5 Å². The van der Waals surface area contributed by atoms with Crippen molar-refractivity contribution >= 4 is 22.6 Å². The zero-order chi connectivity index (χ0) is 19.1. The third-order valence-electron chi connectivity index (χ3n) is 4.53. The summed E-state index contributed by atoms with van der Waals surface area (Å²) in [5.41, 5.74) is 9.55. The van der Waals surface area contributed by atoms with E-state index in [0.717, 1.165) is 16.6 Å². The zero-order valence-electron chi connectivity index (χ0n) is 14.3. The van der Waals surface area contributed by atoms with Crippen LogP contribution in [0.2, 0.25) is 0 Å². The minimum absolute atomic E-state index is 0.0176. The number of nitro groups is 1. The summed E-state index contributed by atoms with van der Waals surface area (Å²) in [4.78, 5) is 33.3. The van der Waals surface area contributed by atoms with Crippen molar-refractivity contribution in [2.45, 2.75) is 6.92 Å². The van der Waals surface area contributed by atoms with Gasteiger partial charge in [0.2, 0.25) is 0 Å². The molecule has 4 N–H and O–H groups in total. The molecule has 1 amide bonds. The van der Waals surface area contributed by atoms with Crippen molar-refractivity contribution in [1.29, 1.82) is 0 Å². The number of aromatic nitrogens is 3. The predicted octanol–water partition coefficient (Wildman–Crippen LogP) is 3.54. The van der Waals surface area contributed by atoms with Gasteiger partial charge in [0.05, 0.1) is 16.2 Å². The summed E-state index contributed by atoms with van der Waals surface area (Å²) in [6.07, 6.45) is 3.44. The van der Waals surface area contributed by atoms with Gasteiger partial charge in [-0.2, -0.15) is 0 Å². The number of nitrogens with one attached hydrogen (secondary N) is 2. The van der Waals surface area contributed by atoms with Crippen molar-refractivity contribution in [2.75, 3.05) is 0 Å². The van der Waals surface area contributed by atoms with Crippen molar-refractivity contribution < 1.29 is 9.72 Å². The number of rotatable bonds is 4. The third kappa shape index (κ3) is 2.73. The molecule has 27 heavy (non-hydrogen) atoms. The van der Waals surface area contributed by atoms with Gasteiger partial charge in [-0.25, -0.2) is 4.98 Å². The molecule has 0 aliphatic rings. The Labute approximate surface area is 153 Å². The van der Waals surface area contributed by atoms with Crippen LogP contribution in [-0.2, 0) is 0 Å². The fourth-order valence-electron chi connectivity index (χ4n) is 3.18. The molecule has 1 aromatic carbocycles. The number of nitro benzene ring substituents is 1. The van der Waals surface area contributed by atoms with Gasteiger partial charge < -0.3 is 15.7 Å². The van der Waals surface area contributed by atoms with Crippen LogP contribution in [-0.4, -0.2) is 25.8 Å². The summed E-state index contributed by atoms with van der Waals surface area (Å²) in [5, 5.41) is 12.1. The summed E-state index contributed by atoms with van der Waals surface area (Å²) in [6.45, 7) is 1.66. The van der Waals surface area contributed by atoms with Crippen LogP contribution in [0.3, 0.4) is 0 Å². The van der Waals surface area contributed by atoms with Gasteiger partial charge >= 0.3 is 0 Å².